The molecule has 1 N–H and O–H groups in total. The third kappa shape index (κ3) is 4.18. The van der Waals surface area contributed by atoms with Gasteiger partial charge < -0.3 is 9.55 Å². The molecule has 3 aromatic rings. The van der Waals surface area contributed by atoms with Crippen LogP contribution in [-0.2, 0) is 9.84 Å². The Balaban J connectivity index is 1.46. The van der Waals surface area contributed by atoms with Crippen LogP contribution in [0.15, 0.2) is 47.8 Å². The van der Waals surface area contributed by atoms with Crippen LogP contribution in [0.25, 0.3) is 11.3 Å². The molecule has 0 amide bonds. The molecule has 1 saturated heterocycles. The average molecular weight is 430 g/mol. The molecular weight excluding hydrogens is 406 g/mol. The molecule has 0 saturated carbocycles. The van der Waals surface area contributed by atoms with Crippen molar-refractivity contribution < 1.29 is 13.2 Å². The topological polar surface area (TPSA) is 84.8 Å². The van der Waals surface area contributed by atoms with Crippen LogP contribution in [0.1, 0.15) is 34.2 Å². The van der Waals surface area contributed by atoms with Crippen molar-refractivity contribution in [1.29, 1.82) is 0 Å². The maximum atomic E-state index is 12.8. The van der Waals surface area contributed by atoms with Crippen molar-refractivity contribution in [1.82, 2.24) is 14.5 Å². The normalized spacial score (nSPS) is 18.2. The molecule has 2 aromatic heterocycles. The first-order valence-corrected chi connectivity index (χ1v) is 12.3. The summed E-state index contributed by atoms with van der Waals surface area (Å²) in [4.78, 5) is 20.4. The first-order chi connectivity index (χ1) is 13.8. The molecule has 0 aliphatic carbocycles. The Hall–Kier alpha value is -2.32. The van der Waals surface area contributed by atoms with E-state index >= 15 is 0 Å². The van der Waals surface area contributed by atoms with Crippen LogP contribution in [0.4, 0.5) is 0 Å². The van der Waals surface area contributed by atoms with Gasteiger partial charge >= 0.3 is 0 Å². The van der Waals surface area contributed by atoms with E-state index in [1.54, 1.807) is 6.20 Å². The third-order valence-electron chi connectivity index (χ3n) is 5.34. The molecule has 1 atom stereocenters. The van der Waals surface area contributed by atoms with Gasteiger partial charge in [-0.25, -0.2) is 13.4 Å². The number of thioether (sulfide) groups is 1. The van der Waals surface area contributed by atoms with Crippen LogP contribution in [0.5, 0.6) is 0 Å². The number of benzene rings is 1. The molecule has 29 heavy (non-hydrogen) atoms. The summed E-state index contributed by atoms with van der Waals surface area (Å²) in [7, 11) is -2.98. The zero-order chi connectivity index (χ0) is 20.6. The summed E-state index contributed by atoms with van der Waals surface area (Å²) in [6.07, 6.45) is 2.38. The number of nitrogens with zero attached hydrogens (tertiary/aromatic N) is 2. The van der Waals surface area contributed by atoms with Crippen molar-refractivity contribution in [2.45, 2.75) is 31.5 Å². The lowest BCUT2D eigenvalue weighted by Crippen LogP contribution is -2.14. The van der Waals surface area contributed by atoms with E-state index in [9.17, 15) is 13.2 Å². The number of carbonyl (C=O) groups is 1. The predicted octanol–water partition coefficient (Wildman–Crippen LogP) is 3.83. The quantitative estimate of drug-likeness (QED) is 0.475. The van der Waals surface area contributed by atoms with Crippen LogP contribution in [0.3, 0.4) is 0 Å². The fourth-order valence-corrected chi connectivity index (χ4v) is 6.39. The number of sulfone groups is 1. The van der Waals surface area contributed by atoms with E-state index in [1.807, 2.05) is 54.8 Å². The average Bonchev–Trinajstić information content (AvgIpc) is 3.38. The highest BCUT2D eigenvalue weighted by Crippen LogP contribution is 2.30. The molecule has 3 heterocycles. The number of aromatic nitrogens is 3. The van der Waals surface area contributed by atoms with E-state index in [-0.39, 0.29) is 29.1 Å². The number of H-pyrrole nitrogens is 1. The van der Waals surface area contributed by atoms with Crippen molar-refractivity contribution >= 4 is 27.4 Å². The van der Waals surface area contributed by atoms with Crippen LogP contribution in [-0.4, -0.2) is 46.0 Å². The number of hydrogen-bond acceptors (Lipinski definition) is 5. The van der Waals surface area contributed by atoms with Crippen LogP contribution < -0.4 is 0 Å². The molecule has 4 rings (SSSR count). The number of Topliss-reactive ketones (excluding diaryl/α,β-unsaturated/α-hetero) is 1. The second-order valence-corrected chi connectivity index (χ2v) is 10.6. The highest BCUT2D eigenvalue weighted by atomic mass is 32.2. The van der Waals surface area contributed by atoms with Gasteiger partial charge in [-0.05, 0) is 31.9 Å². The molecule has 6 nitrogen and oxygen atoms in total. The molecular formula is C21H23N3O3S2. The number of imidazole rings is 1. The fourth-order valence-electron chi connectivity index (χ4n) is 3.95. The van der Waals surface area contributed by atoms with Crippen molar-refractivity contribution in [2.24, 2.45) is 0 Å². The SMILES string of the molecule is Cc1cc(C(=O)CSc2ncc(-c3ccccc3)[nH]2)c(C)n1[C@H]1CCS(=O)(=O)C1. The highest BCUT2D eigenvalue weighted by Gasteiger charge is 2.31. The summed E-state index contributed by atoms with van der Waals surface area (Å²) in [6.45, 7) is 3.83. The summed E-state index contributed by atoms with van der Waals surface area (Å²) in [5.74, 6) is 0.666. The summed E-state index contributed by atoms with van der Waals surface area (Å²) < 4.78 is 25.7. The first kappa shape index (κ1) is 20.0. The smallest absolute Gasteiger partial charge is 0.175 e. The van der Waals surface area contributed by atoms with E-state index < -0.39 is 9.84 Å². The zero-order valence-electron chi connectivity index (χ0n) is 16.4. The lowest BCUT2D eigenvalue weighted by atomic mass is 10.2. The molecule has 0 unspecified atom stereocenters. The van der Waals surface area contributed by atoms with Crippen LogP contribution >= 0.6 is 11.8 Å². The summed E-state index contributed by atoms with van der Waals surface area (Å²) in [5.41, 5.74) is 4.41. The number of rotatable bonds is 6. The molecule has 1 aliphatic rings. The Morgan fingerprint density at radius 1 is 1.28 bits per heavy atom. The number of aromatic amines is 1. The van der Waals surface area contributed by atoms with Gasteiger partial charge in [-0.3, -0.25) is 4.79 Å². The first-order valence-electron chi connectivity index (χ1n) is 9.49. The Bertz CT molecular complexity index is 1150. The van der Waals surface area contributed by atoms with Crippen LogP contribution in [0.2, 0.25) is 0 Å². The van der Waals surface area contributed by atoms with Gasteiger partial charge in [0.2, 0.25) is 0 Å². The molecule has 0 spiro atoms. The third-order valence-corrected chi connectivity index (χ3v) is 7.97. The predicted molar refractivity (Wildman–Crippen MR) is 115 cm³/mol. The number of hydrogen-bond donors (Lipinski definition) is 1. The molecule has 0 bridgehead atoms. The summed E-state index contributed by atoms with van der Waals surface area (Å²) in [5, 5.41) is 0.702. The number of ketones is 1. The van der Waals surface area contributed by atoms with Crippen LogP contribution in [0, 0.1) is 13.8 Å². The Labute approximate surface area is 174 Å². The minimum Gasteiger partial charge on any atom is -0.344 e. The monoisotopic (exact) mass is 429 g/mol. The van der Waals surface area contributed by atoms with Gasteiger partial charge in [0.1, 0.15) is 0 Å². The molecule has 1 aromatic carbocycles. The van der Waals surface area contributed by atoms with Gasteiger partial charge in [0.05, 0.1) is 29.1 Å². The van der Waals surface area contributed by atoms with Gasteiger partial charge in [-0.15, -0.1) is 0 Å². The van der Waals surface area contributed by atoms with Gasteiger partial charge in [-0.2, -0.15) is 0 Å². The standard InChI is InChI=1S/C21H23N3O3S2/c1-14-10-18(15(2)24(14)17-8-9-29(26,27)13-17)20(25)12-28-21-22-11-19(23-21)16-6-4-3-5-7-16/h3-7,10-11,17H,8-9,12-13H2,1-2H3,(H,22,23)/t17-/m0/s1. The van der Waals surface area contributed by atoms with E-state index in [0.717, 1.165) is 22.6 Å². The molecule has 1 fully saturated rings. The van der Waals surface area contributed by atoms with Gasteiger partial charge in [0, 0.05) is 23.0 Å². The number of carbonyl (C=O) groups excluding carboxylic acids is 1. The molecule has 0 radical (unpaired) electrons. The van der Waals surface area contributed by atoms with Crippen molar-refractivity contribution in [3.05, 3.63) is 59.5 Å². The Kier molecular flexibility index (Phi) is 5.40. The summed E-state index contributed by atoms with van der Waals surface area (Å²) in [6, 6.07) is 11.7. The Morgan fingerprint density at radius 3 is 2.72 bits per heavy atom. The second-order valence-electron chi connectivity index (χ2n) is 7.39. The van der Waals surface area contributed by atoms with Crippen molar-refractivity contribution in [2.75, 3.05) is 17.3 Å². The van der Waals surface area contributed by atoms with E-state index in [0.29, 0.717) is 17.1 Å². The fraction of sp³-hybridized carbons (Fsp3) is 0.333. The maximum Gasteiger partial charge on any atom is 0.175 e. The lowest BCUT2D eigenvalue weighted by molar-refractivity contribution is 0.102. The second kappa shape index (κ2) is 7.84. The van der Waals surface area contributed by atoms with Gasteiger partial charge in [0.15, 0.2) is 20.8 Å². The molecule has 8 heteroatoms. The lowest BCUT2D eigenvalue weighted by Gasteiger charge is -2.16. The zero-order valence-corrected chi connectivity index (χ0v) is 18.0. The van der Waals surface area contributed by atoms with E-state index in [4.69, 9.17) is 0 Å². The maximum absolute atomic E-state index is 12.8. The summed E-state index contributed by atoms with van der Waals surface area (Å²) >= 11 is 1.37. The van der Waals surface area contributed by atoms with Gasteiger partial charge in [-0.1, -0.05) is 42.1 Å². The molecule has 1 aliphatic heterocycles. The van der Waals surface area contributed by atoms with E-state index in [1.165, 1.54) is 11.8 Å². The minimum atomic E-state index is -2.98. The minimum absolute atomic E-state index is 0.0212. The van der Waals surface area contributed by atoms with Crippen molar-refractivity contribution in [3.8, 4) is 11.3 Å². The Morgan fingerprint density at radius 2 is 2.03 bits per heavy atom. The van der Waals surface area contributed by atoms with Gasteiger partial charge in [0.25, 0.3) is 0 Å². The van der Waals surface area contributed by atoms with E-state index in [2.05, 4.69) is 9.97 Å². The largest absolute Gasteiger partial charge is 0.344 e. The van der Waals surface area contributed by atoms with Crippen molar-refractivity contribution in [3.63, 3.8) is 0 Å². The molecule has 152 valence electrons. The number of aryl methyl sites for hydroxylation is 1. The highest BCUT2D eigenvalue weighted by molar-refractivity contribution is 7.99. The number of nitrogens with one attached hydrogen (secondary N) is 1.